The van der Waals surface area contributed by atoms with Gasteiger partial charge in [0.1, 0.15) is 0 Å². The maximum atomic E-state index is 12.9. The molecule has 0 aliphatic rings. The number of hydrogen-bond acceptors (Lipinski definition) is 3. The second kappa shape index (κ2) is 6.76. The maximum Gasteiger partial charge on any atom is 0.256 e. The number of nitrogens with zero attached hydrogens (tertiary/aromatic N) is 2. The molecule has 0 aliphatic heterocycles. The Bertz CT molecular complexity index is 1090. The summed E-state index contributed by atoms with van der Waals surface area (Å²) in [5, 5.41) is 4.82. The second-order valence-electron chi connectivity index (χ2n) is 6.08. The smallest absolute Gasteiger partial charge is 0.256 e. The Morgan fingerprint density at radius 2 is 1.77 bits per heavy atom. The molecule has 4 aromatic rings. The summed E-state index contributed by atoms with van der Waals surface area (Å²) in [6.45, 7) is 1.89. The van der Waals surface area contributed by atoms with Crippen LogP contribution in [0.4, 0.5) is 5.69 Å². The largest absolute Gasteiger partial charge is 0.320 e. The molecular weight excluding hydrogens is 322 g/mol. The van der Waals surface area contributed by atoms with E-state index in [1.54, 1.807) is 12.4 Å². The molecule has 126 valence electrons. The van der Waals surface area contributed by atoms with Crippen molar-refractivity contribution in [3.8, 4) is 11.1 Å². The van der Waals surface area contributed by atoms with Crippen LogP contribution in [0.5, 0.6) is 0 Å². The highest BCUT2D eigenvalue weighted by Gasteiger charge is 2.12. The first-order valence-corrected chi connectivity index (χ1v) is 8.38. The van der Waals surface area contributed by atoms with E-state index in [9.17, 15) is 4.79 Å². The van der Waals surface area contributed by atoms with Crippen LogP contribution in [-0.4, -0.2) is 15.9 Å². The Balaban J connectivity index is 1.69. The standard InChI is InChI=1S/C22H17N3O/c1-15-21(12-18(14-24-15)16-6-3-2-4-7-16)25-22(26)20-9-5-8-17-13-23-11-10-19(17)20/h2-14H,1H3,(H,25,26). The topological polar surface area (TPSA) is 54.9 Å². The van der Waals surface area contributed by atoms with Gasteiger partial charge in [-0.25, -0.2) is 0 Å². The van der Waals surface area contributed by atoms with Crippen LogP contribution in [0.25, 0.3) is 21.9 Å². The van der Waals surface area contributed by atoms with Crippen molar-refractivity contribution in [1.82, 2.24) is 9.97 Å². The number of aromatic nitrogens is 2. The number of anilines is 1. The molecule has 0 bridgehead atoms. The van der Waals surface area contributed by atoms with Gasteiger partial charge < -0.3 is 5.32 Å². The molecule has 0 aliphatic carbocycles. The minimum absolute atomic E-state index is 0.156. The molecule has 0 radical (unpaired) electrons. The SMILES string of the molecule is Cc1ncc(-c2ccccc2)cc1NC(=O)c1cccc2cnccc12. The number of carbonyl (C=O) groups is 1. The molecule has 1 amide bonds. The summed E-state index contributed by atoms with van der Waals surface area (Å²) in [5.41, 5.74) is 4.14. The summed E-state index contributed by atoms with van der Waals surface area (Å²) in [5.74, 6) is -0.156. The molecule has 0 fully saturated rings. The van der Waals surface area contributed by atoms with Crippen molar-refractivity contribution in [2.75, 3.05) is 5.32 Å². The van der Waals surface area contributed by atoms with Crippen LogP contribution < -0.4 is 5.32 Å². The third-order valence-electron chi connectivity index (χ3n) is 4.37. The molecule has 2 aromatic carbocycles. The van der Waals surface area contributed by atoms with E-state index in [0.29, 0.717) is 11.3 Å². The van der Waals surface area contributed by atoms with Gasteiger partial charge in [0.15, 0.2) is 0 Å². The molecule has 0 saturated carbocycles. The minimum atomic E-state index is -0.156. The zero-order valence-electron chi connectivity index (χ0n) is 14.3. The van der Waals surface area contributed by atoms with Crippen LogP contribution in [-0.2, 0) is 0 Å². The molecule has 4 nitrogen and oxygen atoms in total. The van der Waals surface area contributed by atoms with Crippen LogP contribution in [0.3, 0.4) is 0 Å². The van der Waals surface area contributed by atoms with Crippen molar-refractivity contribution in [1.29, 1.82) is 0 Å². The van der Waals surface area contributed by atoms with Crippen LogP contribution in [0.2, 0.25) is 0 Å². The Kier molecular flexibility index (Phi) is 4.15. The second-order valence-corrected chi connectivity index (χ2v) is 6.08. The van der Waals surface area contributed by atoms with E-state index in [2.05, 4.69) is 15.3 Å². The number of pyridine rings is 2. The van der Waals surface area contributed by atoms with Gasteiger partial charge in [-0.2, -0.15) is 0 Å². The zero-order valence-corrected chi connectivity index (χ0v) is 14.3. The molecule has 26 heavy (non-hydrogen) atoms. The van der Waals surface area contributed by atoms with Crippen LogP contribution in [0.15, 0.2) is 79.3 Å². The van der Waals surface area contributed by atoms with Gasteiger partial charge in [-0.1, -0.05) is 42.5 Å². The molecule has 0 unspecified atom stereocenters. The van der Waals surface area contributed by atoms with Gasteiger partial charge in [-0.15, -0.1) is 0 Å². The monoisotopic (exact) mass is 339 g/mol. The van der Waals surface area contributed by atoms with E-state index in [-0.39, 0.29) is 5.91 Å². The van der Waals surface area contributed by atoms with E-state index in [0.717, 1.165) is 27.6 Å². The lowest BCUT2D eigenvalue weighted by Gasteiger charge is -2.11. The van der Waals surface area contributed by atoms with Crippen molar-refractivity contribution >= 4 is 22.4 Å². The predicted octanol–water partition coefficient (Wildman–Crippen LogP) is 4.86. The highest BCUT2D eigenvalue weighted by atomic mass is 16.1. The first kappa shape index (κ1) is 16.0. The predicted molar refractivity (Wildman–Crippen MR) is 104 cm³/mol. The first-order valence-electron chi connectivity index (χ1n) is 8.38. The number of fused-ring (bicyclic) bond motifs is 1. The number of hydrogen-bond donors (Lipinski definition) is 1. The van der Waals surface area contributed by atoms with Gasteiger partial charge in [0, 0.05) is 35.1 Å². The fraction of sp³-hybridized carbons (Fsp3) is 0.0455. The number of aryl methyl sites for hydroxylation is 1. The van der Waals surface area contributed by atoms with Gasteiger partial charge >= 0.3 is 0 Å². The average Bonchev–Trinajstić information content (AvgIpc) is 2.70. The van der Waals surface area contributed by atoms with E-state index < -0.39 is 0 Å². The van der Waals surface area contributed by atoms with Crippen molar-refractivity contribution in [3.05, 3.63) is 90.5 Å². The zero-order chi connectivity index (χ0) is 17.9. The van der Waals surface area contributed by atoms with Crippen LogP contribution in [0, 0.1) is 6.92 Å². The molecule has 1 N–H and O–H groups in total. The molecule has 2 heterocycles. The summed E-state index contributed by atoms with van der Waals surface area (Å²) < 4.78 is 0. The van der Waals surface area contributed by atoms with Crippen LogP contribution >= 0.6 is 0 Å². The Morgan fingerprint density at radius 3 is 2.62 bits per heavy atom. The average molecular weight is 339 g/mol. The normalized spacial score (nSPS) is 10.7. The Morgan fingerprint density at radius 1 is 0.923 bits per heavy atom. The molecule has 0 atom stereocenters. The molecule has 2 aromatic heterocycles. The fourth-order valence-electron chi connectivity index (χ4n) is 2.96. The lowest BCUT2D eigenvalue weighted by Crippen LogP contribution is -2.13. The number of nitrogens with one attached hydrogen (secondary N) is 1. The summed E-state index contributed by atoms with van der Waals surface area (Å²) >= 11 is 0. The third kappa shape index (κ3) is 3.05. The maximum absolute atomic E-state index is 12.9. The van der Waals surface area contributed by atoms with Crippen molar-refractivity contribution in [3.63, 3.8) is 0 Å². The number of benzene rings is 2. The summed E-state index contributed by atoms with van der Waals surface area (Å²) in [4.78, 5) is 21.4. The molecule has 4 rings (SSSR count). The molecule has 0 saturated heterocycles. The van der Waals surface area contributed by atoms with E-state index >= 15 is 0 Å². The van der Waals surface area contributed by atoms with Crippen molar-refractivity contribution in [2.45, 2.75) is 6.92 Å². The number of amides is 1. The summed E-state index contributed by atoms with van der Waals surface area (Å²) in [6, 6.07) is 19.4. The lowest BCUT2D eigenvalue weighted by atomic mass is 10.0. The molecule has 4 heteroatoms. The Labute approximate surface area is 151 Å². The number of carbonyl (C=O) groups excluding carboxylic acids is 1. The van der Waals surface area contributed by atoms with Gasteiger partial charge in [0.25, 0.3) is 5.91 Å². The van der Waals surface area contributed by atoms with Gasteiger partial charge in [0.05, 0.1) is 11.4 Å². The Hall–Kier alpha value is -3.53. The van der Waals surface area contributed by atoms with Crippen molar-refractivity contribution < 1.29 is 4.79 Å². The lowest BCUT2D eigenvalue weighted by molar-refractivity contribution is 0.102. The third-order valence-corrected chi connectivity index (χ3v) is 4.37. The van der Waals surface area contributed by atoms with Crippen LogP contribution in [0.1, 0.15) is 16.1 Å². The molecule has 0 spiro atoms. The highest BCUT2D eigenvalue weighted by molar-refractivity contribution is 6.13. The quantitative estimate of drug-likeness (QED) is 0.580. The number of rotatable bonds is 3. The van der Waals surface area contributed by atoms with Crippen molar-refractivity contribution in [2.24, 2.45) is 0 Å². The summed E-state index contributed by atoms with van der Waals surface area (Å²) in [7, 11) is 0. The van der Waals surface area contributed by atoms with Gasteiger partial charge in [0.2, 0.25) is 0 Å². The van der Waals surface area contributed by atoms with E-state index in [1.165, 1.54) is 0 Å². The van der Waals surface area contributed by atoms with Gasteiger partial charge in [-0.05, 0) is 36.1 Å². The van der Waals surface area contributed by atoms with E-state index in [1.807, 2.05) is 73.8 Å². The first-order chi connectivity index (χ1) is 12.7. The van der Waals surface area contributed by atoms with E-state index in [4.69, 9.17) is 0 Å². The highest BCUT2D eigenvalue weighted by Crippen LogP contribution is 2.25. The minimum Gasteiger partial charge on any atom is -0.320 e. The summed E-state index contributed by atoms with van der Waals surface area (Å²) in [6.07, 6.45) is 5.28. The van der Waals surface area contributed by atoms with Gasteiger partial charge in [-0.3, -0.25) is 14.8 Å². The molecular formula is C22H17N3O. The fourth-order valence-corrected chi connectivity index (χ4v) is 2.96.